The molecule has 4 aromatic rings. The van der Waals surface area contributed by atoms with Crippen molar-refractivity contribution in [2.45, 2.75) is 37.5 Å². The van der Waals surface area contributed by atoms with Gasteiger partial charge in [0.25, 0.3) is 5.95 Å². The molecular formula is C30H28FN5O. The molecule has 3 heterocycles. The number of allylic oxidation sites excluding steroid dienone is 4. The smallest absolute Gasteiger partial charge is 0.250 e. The van der Waals surface area contributed by atoms with Crippen LogP contribution in [-0.2, 0) is 11.2 Å². The van der Waals surface area contributed by atoms with E-state index in [1.807, 2.05) is 35.2 Å². The van der Waals surface area contributed by atoms with Gasteiger partial charge in [-0.3, -0.25) is 4.79 Å². The number of hydrogen-bond acceptors (Lipinski definition) is 4. The summed E-state index contributed by atoms with van der Waals surface area (Å²) >= 11 is 0. The van der Waals surface area contributed by atoms with Crippen LogP contribution in [0, 0.1) is 0 Å². The fourth-order valence-electron chi connectivity index (χ4n) is 5.43. The molecule has 1 aliphatic heterocycles. The first kappa shape index (κ1) is 23.3. The van der Waals surface area contributed by atoms with Crippen LogP contribution in [0.25, 0.3) is 16.7 Å². The van der Waals surface area contributed by atoms with Gasteiger partial charge < -0.3 is 4.90 Å². The van der Waals surface area contributed by atoms with Gasteiger partial charge in [-0.05, 0) is 59.9 Å². The summed E-state index contributed by atoms with van der Waals surface area (Å²) in [5.41, 5.74) is 2.91. The van der Waals surface area contributed by atoms with E-state index in [1.54, 1.807) is 29.2 Å². The highest BCUT2D eigenvalue weighted by atomic mass is 19.1. The van der Waals surface area contributed by atoms with Gasteiger partial charge in [0.2, 0.25) is 5.91 Å². The third-order valence-electron chi connectivity index (χ3n) is 7.35. The van der Waals surface area contributed by atoms with Gasteiger partial charge in [0, 0.05) is 37.3 Å². The summed E-state index contributed by atoms with van der Waals surface area (Å²) in [5, 5.41) is 7.14. The number of piperidine rings is 1. The molecule has 2 aliphatic rings. The summed E-state index contributed by atoms with van der Waals surface area (Å²) in [6.45, 7) is 1.37. The van der Waals surface area contributed by atoms with E-state index < -0.39 is 0 Å². The summed E-state index contributed by atoms with van der Waals surface area (Å²) in [6, 6.07) is 18.2. The maximum Gasteiger partial charge on any atom is 0.250 e. The van der Waals surface area contributed by atoms with Crippen molar-refractivity contribution in [2.75, 3.05) is 13.1 Å². The van der Waals surface area contributed by atoms with E-state index in [9.17, 15) is 9.18 Å². The molecule has 1 fully saturated rings. The number of fused-ring (bicyclic) bond motifs is 1. The molecule has 1 amide bonds. The molecule has 2 aromatic heterocycles. The maximum absolute atomic E-state index is 13.6. The average molecular weight is 494 g/mol. The molecule has 37 heavy (non-hydrogen) atoms. The van der Waals surface area contributed by atoms with Crippen molar-refractivity contribution in [3.63, 3.8) is 0 Å². The molecule has 1 saturated heterocycles. The number of nitrogens with zero attached hydrogens (tertiary/aromatic N) is 5. The Kier molecular flexibility index (Phi) is 6.35. The first-order chi connectivity index (χ1) is 18.2. The van der Waals surface area contributed by atoms with Crippen molar-refractivity contribution < 1.29 is 9.18 Å². The molecule has 2 aromatic carbocycles. The zero-order chi connectivity index (χ0) is 25.2. The lowest BCUT2D eigenvalue weighted by atomic mass is 9.91. The Morgan fingerprint density at radius 1 is 1.05 bits per heavy atom. The number of carbonyl (C=O) groups is 1. The quantitative estimate of drug-likeness (QED) is 0.360. The van der Waals surface area contributed by atoms with Gasteiger partial charge in [0.1, 0.15) is 5.83 Å². The lowest BCUT2D eigenvalue weighted by molar-refractivity contribution is -0.131. The number of halogens is 1. The van der Waals surface area contributed by atoms with E-state index in [0.29, 0.717) is 25.3 Å². The minimum Gasteiger partial charge on any atom is -0.342 e. The van der Waals surface area contributed by atoms with Gasteiger partial charge in [0.05, 0.1) is 17.8 Å². The molecule has 0 bridgehead atoms. The molecule has 6 rings (SSSR count). The fourth-order valence-corrected chi connectivity index (χ4v) is 5.43. The SMILES string of the molecule is O=C(Cc1cccc2ccccc12)N1CCCC(c2cc(C3C=CC(F)=CC3)nn2-c2ncccn2)C1. The molecule has 2 atom stereocenters. The highest BCUT2D eigenvalue weighted by Gasteiger charge is 2.30. The minimum atomic E-state index is -0.213. The van der Waals surface area contributed by atoms with Gasteiger partial charge in [-0.1, -0.05) is 48.5 Å². The predicted octanol–water partition coefficient (Wildman–Crippen LogP) is 5.66. The van der Waals surface area contributed by atoms with E-state index in [1.165, 1.54) is 6.08 Å². The molecule has 0 N–H and O–H groups in total. The number of benzene rings is 2. The Labute approximate surface area is 215 Å². The van der Waals surface area contributed by atoms with Crippen LogP contribution in [0.4, 0.5) is 4.39 Å². The summed E-state index contributed by atoms with van der Waals surface area (Å²) in [5.74, 6) is 0.532. The van der Waals surface area contributed by atoms with Crippen LogP contribution >= 0.6 is 0 Å². The molecule has 186 valence electrons. The van der Waals surface area contributed by atoms with E-state index in [-0.39, 0.29) is 23.6 Å². The van der Waals surface area contributed by atoms with Gasteiger partial charge >= 0.3 is 0 Å². The average Bonchev–Trinajstić information content (AvgIpc) is 3.40. The molecule has 2 unspecified atom stereocenters. The number of carbonyl (C=O) groups excluding carboxylic acids is 1. The molecule has 6 nitrogen and oxygen atoms in total. The van der Waals surface area contributed by atoms with Crippen LogP contribution in [0.15, 0.2) is 91.0 Å². The maximum atomic E-state index is 13.6. The largest absolute Gasteiger partial charge is 0.342 e. The van der Waals surface area contributed by atoms with Crippen LogP contribution in [0.2, 0.25) is 0 Å². The molecule has 7 heteroatoms. The Bertz CT molecular complexity index is 1490. The van der Waals surface area contributed by atoms with Crippen LogP contribution in [0.3, 0.4) is 0 Å². The number of likely N-dealkylation sites (tertiary alicyclic amines) is 1. The van der Waals surface area contributed by atoms with Gasteiger partial charge in [-0.2, -0.15) is 5.10 Å². The summed E-state index contributed by atoms with van der Waals surface area (Å²) in [6.07, 6.45) is 11.2. The first-order valence-electron chi connectivity index (χ1n) is 12.8. The second kappa shape index (κ2) is 10.1. The highest BCUT2D eigenvalue weighted by Crippen LogP contribution is 2.33. The van der Waals surface area contributed by atoms with E-state index in [4.69, 9.17) is 5.10 Å². The van der Waals surface area contributed by atoms with Crippen molar-refractivity contribution in [1.29, 1.82) is 0 Å². The van der Waals surface area contributed by atoms with Crippen molar-refractivity contribution in [2.24, 2.45) is 0 Å². The van der Waals surface area contributed by atoms with E-state index in [0.717, 1.165) is 47.1 Å². The zero-order valence-electron chi connectivity index (χ0n) is 20.5. The minimum absolute atomic E-state index is 0.00380. The van der Waals surface area contributed by atoms with E-state index in [2.05, 4.69) is 34.2 Å². The Hall–Kier alpha value is -4.13. The summed E-state index contributed by atoms with van der Waals surface area (Å²) in [4.78, 5) is 24.3. The Balaban J connectivity index is 1.27. The predicted molar refractivity (Wildman–Crippen MR) is 141 cm³/mol. The van der Waals surface area contributed by atoms with Gasteiger partial charge in [-0.25, -0.2) is 19.0 Å². The number of aromatic nitrogens is 4. The lowest BCUT2D eigenvalue weighted by Crippen LogP contribution is -2.40. The van der Waals surface area contributed by atoms with Crippen LogP contribution in [-0.4, -0.2) is 43.6 Å². The van der Waals surface area contributed by atoms with Gasteiger partial charge in [-0.15, -0.1) is 0 Å². The van der Waals surface area contributed by atoms with Crippen molar-refractivity contribution in [3.8, 4) is 5.95 Å². The first-order valence-corrected chi connectivity index (χ1v) is 12.8. The molecule has 0 saturated carbocycles. The molecule has 1 aliphatic carbocycles. The van der Waals surface area contributed by atoms with Crippen molar-refractivity contribution in [3.05, 3.63) is 108 Å². The third kappa shape index (κ3) is 4.81. The molecular weight excluding hydrogens is 465 g/mol. The summed E-state index contributed by atoms with van der Waals surface area (Å²) < 4.78 is 15.4. The third-order valence-corrected chi connectivity index (χ3v) is 7.35. The normalized spacial score (nSPS) is 19.7. The summed E-state index contributed by atoms with van der Waals surface area (Å²) in [7, 11) is 0. The second-order valence-electron chi connectivity index (χ2n) is 9.74. The Morgan fingerprint density at radius 3 is 2.73 bits per heavy atom. The Morgan fingerprint density at radius 2 is 1.89 bits per heavy atom. The lowest BCUT2D eigenvalue weighted by Gasteiger charge is -2.33. The highest BCUT2D eigenvalue weighted by molar-refractivity contribution is 5.90. The fraction of sp³-hybridized carbons (Fsp3) is 0.267. The zero-order valence-corrected chi connectivity index (χ0v) is 20.5. The number of hydrogen-bond donors (Lipinski definition) is 0. The second-order valence-corrected chi connectivity index (χ2v) is 9.74. The molecule has 0 spiro atoms. The van der Waals surface area contributed by atoms with Crippen molar-refractivity contribution in [1.82, 2.24) is 24.6 Å². The topological polar surface area (TPSA) is 63.9 Å². The van der Waals surface area contributed by atoms with Gasteiger partial charge in [0.15, 0.2) is 0 Å². The molecule has 0 radical (unpaired) electrons. The van der Waals surface area contributed by atoms with Crippen LogP contribution < -0.4 is 0 Å². The number of amides is 1. The monoisotopic (exact) mass is 493 g/mol. The standard InChI is InChI=1S/C30H28FN5O/c31-25-13-11-22(12-14-25)27-19-28(36(34-27)30-32-15-5-16-33-30)24-9-4-17-35(20-24)29(37)18-23-8-3-7-21-6-1-2-10-26(21)23/h1-3,5-8,10-11,13-16,19,22,24H,4,9,12,17-18,20H2. The van der Waals surface area contributed by atoms with Crippen LogP contribution in [0.1, 0.15) is 48.0 Å². The van der Waals surface area contributed by atoms with E-state index >= 15 is 0 Å². The van der Waals surface area contributed by atoms with Crippen molar-refractivity contribution >= 4 is 16.7 Å². The number of rotatable bonds is 5. The van der Waals surface area contributed by atoms with Crippen LogP contribution in [0.5, 0.6) is 0 Å².